The van der Waals surface area contributed by atoms with Gasteiger partial charge in [-0.05, 0) is 50.4 Å². The van der Waals surface area contributed by atoms with E-state index < -0.39 is 0 Å². The maximum atomic E-state index is 6.57. The van der Waals surface area contributed by atoms with E-state index in [4.69, 9.17) is 16.3 Å². The summed E-state index contributed by atoms with van der Waals surface area (Å²) in [6.07, 6.45) is 16.0. The van der Waals surface area contributed by atoms with Gasteiger partial charge < -0.3 is 4.74 Å². The highest BCUT2D eigenvalue weighted by atomic mass is 35.5. The second-order valence-electron chi connectivity index (χ2n) is 7.32. The van der Waals surface area contributed by atoms with Gasteiger partial charge in [-0.2, -0.15) is 0 Å². The van der Waals surface area contributed by atoms with Crippen LogP contribution in [-0.4, -0.2) is 17.6 Å². The van der Waals surface area contributed by atoms with Crippen LogP contribution in [0.3, 0.4) is 0 Å². The lowest BCUT2D eigenvalue weighted by Gasteiger charge is -2.36. The van der Waals surface area contributed by atoms with Crippen molar-refractivity contribution in [3.63, 3.8) is 0 Å². The van der Waals surface area contributed by atoms with Crippen molar-refractivity contribution in [1.29, 1.82) is 0 Å². The Kier molecular flexibility index (Phi) is 6.23. The van der Waals surface area contributed by atoms with Gasteiger partial charge in [-0.3, -0.25) is 0 Å². The molecule has 0 bridgehead atoms. The first-order valence-corrected chi connectivity index (χ1v) is 9.45. The number of unbranched alkanes of at least 4 members (excludes halogenated alkanes) is 1. The maximum Gasteiger partial charge on any atom is 0.0687 e. The molecule has 1 spiro atoms. The summed E-state index contributed by atoms with van der Waals surface area (Å²) in [7, 11) is 0. The topological polar surface area (TPSA) is 9.23 Å². The minimum absolute atomic E-state index is 0.263. The predicted molar refractivity (Wildman–Crippen MR) is 87.5 cm³/mol. The predicted octanol–water partition coefficient (Wildman–Crippen LogP) is 6.08. The minimum atomic E-state index is 0.263. The van der Waals surface area contributed by atoms with E-state index in [-0.39, 0.29) is 5.60 Å². The molecule has 118 valence electrons. The van der Waals surface area contributed by atoms with Crippen molar-refractivity contribution >= 4 is 11.6 Å². The van der Waals surface area contributed by atoms with Crippen LogP contribution in [0.5, 0.6) is 0 Å². The monoisotopic (exact) mass is 300 g/mol. The molecule has 0 aromatic heterocycles. The summed E-state index contributed by atoms with van der Waals surface area (Å²) >= 11 is 6.36. The Morgan fingerprint density at radius 2 is 1.90 bits per heavy atom. The van der Waals surface area contributed by atoms with Gasteiger partial charge in [0.2, 0.25) is 0 Å². The molecule has 1 heterocycles. The largest absolute Gasteiger partial charge is 0.372 e. The fourth-order valence-corrected chi connectivity index (χ4v) is 4.71. The summed E-state index contributed by atoms with van der Waals surface area (Å²) in [6, 6.07) is 0. The summed E-state index contributed by atoms with van der Waals surface area (Å²) in [5.74, 6) is 0.802. The first kappa shape index (κ1) is 16.6. The molecule has 0 aromatic carbocycles. The van der Waals surface area contributed by atoms with E-state index >= 15 is 0 Å². The average Bonchev–Trinajstić information content (AvgIpc) is 2.86. The third-order valence-electron chi connectivity index (χ3n) is 5.86. The van der Waals surface area contributed by atoms with Crippen LogP contribution >= 0.6 is 11.6 Å². The van der Waals surface area contributed by atoms with Crippen LogP contribution in [-0.2, 0) is 4.74 Å². The Labute approximate surface area is 130 Å². The van der Waals surface area contributed by atoms with E-state index in [9.17, 15) is 0 Å². The molecule has 0 radical (unpaired) electrons. The SMILES string of the molecule is CCCCC(CC)(CCl)CC1CCC2(CCCCC2)O1. The van der Waals surface area contributed by atoms with Crippen LogP contribution in [0.25, 0.3) is 0 Å². The molecule has 1 aliphatic heterocycles. The van der Waals surface area contributed by atoms with Gasteiger partial charge in [0.1, 0.15) is 0 Å². The molecular formula is C18H33ClO. The number of alkyl halides is 1. The number of ether oxygens (including phenoxy) is 1. The highest BCUT2D eigenvalue weighted by Crippen LogP contribution is 2.46. The standard InChI is InChI=1S/C18H33ClO/c1-3-5-10-17(4-2,15-19)14-16-9-13-18(20-16)11-7-6-8-12-18/h16H,3-15H2,1-2H3. The maximum absolute atomic E-state index is 6.57. The molecule has 2 heteroatoms. The Hall–Kier alpha value is 0.250. The second-order valence-corrected chi connectivity index (χ2v) is 7.58. The molecule has 2 fully saturated rings. The molecule has 1 nitrogen and oxygen atoms in total. The van der Waals surface area contributed by atoms with Gasteiger partial charge in [0.05, 0.1) is 11.7 Å². The molecule has 0 aromatic rings. The van der Waals surface area contributed by atoms with Gasteiger partial charge in [0.25, 0.3) is 0 Å². The lowest BCUT2D eigenvalue weighted by Crippen LogP contribution is -2.34. The smallest absolute Gasteiger partial charge is 0.0687 e. The van der Waals surface area contributed by atoms with E-state index in [2.05, 4.69) is 13.8 Å². The summed E-state index contributed by atoms with van der Waals surface area (Å²) in [5, 5.41) is 0. The molecule has 1 saturated carbocycles. The van der Waals surface area contributed by atoms with Crippen molar-refractivity contribution in [2.75, 3.05) is 5.88 Å². The average molecular weight is 301 g/mol. The summed E-state index contributed by atoms with van der Waals surface area (Å²) in [6.45, 7) is 4.58. The van der Waals surface area contributed by atoms with Crippen molar-refractivity contribution in [3.05, 3.63) is 0 Å². The van der Waals surface area contributed by atoms with E-state index in [1.165, 1.54) is 77.0 Å². The van der Waals surface area contributed by atoms with E-state index in [1.54, 1.807) is 0 Å². The molecule has 1 saturated heterocycles. The van der Waals surface area contributed by atoms with Gasteiger partial charge in [-0.25, -0.2) is 0 Å². The molecular weight excluding hydrogens is 268 g/mol. The highest BCUT2D eigenvalue weighted by molar-refractivity contribution is 6.18. The van der Waals surface area contributed by atoms with E-state index in [1.807, 2.05) is 0 Å². The summed E-state index contributed by atoms with van der Waals surface area (Å²) < 4.78 is 6.57. The quantitative estimate of drug-likeness (QED) is 0.517. The molecule has 2 aliphatic rings. The minimum Gasteiger partial charge on any atom is -0.372 e. The van der Waals surface area contributed by atoms with Gasteiger partial charge in [0, 0.05) is 5.88 Å². The zero-order chi connectivity index (χ0) is 14.5. The van der Waals surface area contributed by atoms with Crippen LogP contribution < -0.4 is 0 Å². The summed E-state index contributed by atoms with van der Waals surface area (Å²) in [4.78, 5) is 0. The van der Waals surface area contributed by atoms with Crippen molar-refractivity contribution in [2.45, 2.75) is 103 Å². The third-order valence-corrected chi connectivity index (χ3v) is 6.43. The zero-order valence-corrected chi connectivity index (χ0v) is 14.3. The Bertz CT molecular complexity index is 279. The summed E-state index contributed by atoms with van der Waals surface area (Å²) in [5.41, 5.74) is 0.585. The Balaban J connectivity index is 1.91. The molecule has 2 atom stereocenters. The zero-order valence-electron chi connectivity index (χ0n) is 13.6. The number of halogens is 1. The van der Waals surface area contributed by atoms with Gasteiger partial charge in [-0.15, -0.1) is 11.6 Å². The number of hydrogen-bond donors (Lipinski definition) is 0. The van der Waals surface area contributed by atoms with Crippen molar-refractivity contribution in [1.82, 2.24) is 0 Å². The van der Waals surface area contributed by atoms with Crippen LogP contribution in [0.1, 0.15) is 90.9 Å². The highest BCUT2D eigenvalue weighted by Gasteiger charge is 2.43. The number of hydrogen-bond acceptors (Lipinski definition) is 1. The third kappa shape index (κ3) is 3.91. The van der Waals surface area contributed by atoms with Crippen molar-refractivity contribution in [2.24, 2.45) is 5.41 Å². The lowest BCUT2D eigenvalue weighted by atomic mass is 9.77. The Morgan fingerprint density at radius 3 is 2.50 bits per heavy atom. The first-order chi connectivity index (χ1) is 9.67. The van der Waals surface area contributed by atoms with E-state index in [0.29, 0.717) is 11.5 Å². The van der Waals surface area contributed by atoms with E-state index in [0.717, 1.165) is 5.88 Å². The molecule has 20 heavy (non-hydrogen) atoms. The van der Waals surface area contributed by atoms with Crippen LogP contribution in [0, 0.1) is 5.41 Å². The van der Waals surface area contributed by atoms with Crippen LogP contribution in [0.2, 0.25) is 0 Å². The molecule has 0 amide bonds. The van der Waals surface area contributed by atoms with Gasteiger partial charge >= 0.3 is 0 Å². The first-order valence-electron chi connectivity index (χ1n) is 8.91. The molecule has 2 rings (SSSR count). The fourth-order valence-electron chi connectivity index (χ4n) is 4.28. The fraction of sp³-hybridized carbons (Fsp3) is 1.00. The van der Waals surface area contributed by atoms with Crippen LogP contribution in [0.15, 0.2) is 0 Å². The number of rotatable bonds is 7. The normalized spacial score (nSPS) is 28.6. The molecule has 1 aliphatic carbocycles. The Morgan fingerprint density at radius 1 is 1.15 bits per heavy atom. The molecule has 2 unspecified atom stereocenters. The van der Waals surface area contributed by atoms with Crippen LogP contribution in [0.4, 0.5) is 0 Å². The lowest BCUT2D eigenvalue weighted by molar-refractivity contribution is -0.0765. The van der Waals surface area contributed by atoms with Crippen molar-refractivity contribution in [3.8, 4) is 0 Å². The van der Waals surface area contributed by atoms with Gasteiger partial charge in [0.15, 0.2) is 0 Å². The van der Waals surface area contributed by atoms with Gasteiger partial charge in [-0.1, -0.05) is 46.0 Å². The second kappa shape index (κ2) is 7.49. The molecule has 0 N–H and O–H groups in total. The van der Waals surface area contributed by atoms with Crippen molar-refractivity contribution < 1.29 is 4.74 Å².